The van der Waals surface area contributed by atoms with E-state index in [-0.39, 0.29) is 0 Å². The topological polar surface area (TPSA) is 38.3 Å². The minimum absolute atomic E-state index is 0.502. The molecule has 23 heavy (non-hydrogen) atoms. The van der Waals surface area contributed by atoms with E-state index in [0.717, 1.165) is 0 Å². The second kappa shape index (κ2) is 7.51. The average molecular weight is 330 g/mol. The van der Waals surface area contributed by atoms with Crippen molar-refractivity contribution in [2.24, 2.45) is 0 Å². The van der Waals surface area contributed by atoms with Crippen molar-refractivity contribution in [3.63, 3.8) is 0 Å². The molecule has 1 aliphatic rings. The van der Waals surface area contributed by atoms with Crippen LogP contribution in [-0.4, -0.2) is 6.09 Å². The fraction of sp³-hybridized carbons (Fsp3) is 0.316. The molecule has 0 unspecified atom stereocenters. The maximum absolute atomic E-state index is 11.9. The summed E-state index contributed by atoms with van der Waals surface area (Å²) in [6, 6.07) is 14.8. The van der Waals surface area contributed by atoms with Gasteiger partial charge in [-0.1, -0.05) is 43.0 Å². The van der Waals surface area contributed by atoms with Crippen molar-refractivity contribution in [2.45, 2.75) is 38.0 Å². The number of rotatable bonds is 3. The van der Waals surface area contributed by atoms with Crippen molar-refractivity contribution in [3.8, 4) is 5.75 Å². The highest BCUT2D eigenvalue weighted by Crippen LogP contribution is 2.33. The molecule has 0 aromatic heterocycles. The first-order valence-electron chi connectivity index (χ1n) is 8.05. The summed E-state index contributed by atoms with van der Waals surface area (Å²) >= 11 is 5.81. The molecule has 0 heterocycles. The van der Waals surface area contributed by atoms with E-state index in [4.69, 9.17) is 16.3 Å². The largest absolute Gasteiger partial charge is 0.417 e. The van der Waals surface area contributed by atoms with Gasteiger partial charge in [-0.05, 0) is 60.7 Å². The summed E-state index contributed by atoms with van der Waals surface area (Å²) in [7, 11) is 0. The Bertz CT molecular complexity index is 646. The molecule has 0 saturated heterocycles. The lowest BCUT2D eigenvalue weighted by atomic mass is 9.84. The Morgan fingerprint density at radius 3 is 2.26 bits per heavy atom. The fourth-order valence-electron chi connectivity index (χ4n) is 3.03. The molecule has 0 bridgehead atoms. The maximum atomic E-state index is 11.9. The van der Waals surface area contributed by atoms with Crippen molar-refractivity contribution in [2.75, 3.05) is 5.32 Å². The molecule has 2 aromatic rings. The van der Waals surface area contributed by atoms with Crippen molar-refractivity contribution in [1.82, 2.24) is 0 Å². The van der Waals surface area contributed by atoms with Gasteiger partial charge in [0.2, 0.25) is 0 Å². The summed E-state index contributed by atoms with van der Waals surface area (Å²) in [4.78, 5) is 11.9. The highest BCUT2D eigenvalue weighted by Gasteiger charge is 2.15. The third-order valence-electron chi connectivity index (χ3n) is 4.26. The lowest BCUT2D eigenvalue weighted by Crippen LogP contribution is -2.16. The third-order valence-corrected chi connectivity index (χ3v) is 4.51. The highest BCUT2D eigenvalue weighted by atomic mass is 35.5. The summed E-state index contributed by atoms with van der Waals surface area (Å²) < 4.78 is 5.31. The predicted octanol–water partition coefficient (Wildman–Crippen LogP) is 6.00. The van der Waals surface area contributed by atoms with Gasteiger partial charge in [-0.15, -0.1) is 0 Å². The van der Waals surface area contributed by atoms with Crippen LogP contribution >= 0.6 is 11.6 Å². The smallest absolute Gasteiger partial charge is 0.410 e. The van der Waals surface area contributed by atoms with Crippen LogP contribution in [0.2, 0.25) is 5.02 Å². The van der Waals surface area contributed by atoms with Gasteiger partial charge in [-0.2, -0.15) is 0 Å². The first kappa shape index (κ1) is 15.9. The van der Waals surface area contributed by atoms with Crippen LogP contribution in [0.3, 0.4) is 0 Å². The Kier molecular flexibility index (Phi) is 5.19. The third kappa shape index (κ3) is 4.49. The number of amides is 1. The monoisotopic (exact) mass is 329 g/mol. The van der Waals surface area contributed by atoms with E-state index in [1.165, 1.54) is 37.7 Å². The normalized spacial score (nSPS) is 15.2. The Balaban J connectivity index is 1.57. The summed E-state index contributed by atoms with van der Waals surface area (Å²) in [6.07, 6.45) is 5.99. The first-order valence-corrected chi connectivity index (χ1v) is 8.43. The maximum Gasteiger partial charge on any atom is 0.417 e. The SMILES string of the molecule is O=C(Nc1ccc(Cl)cc1)Oc1ccc(C2CCCCC2)cc1. The van der Waals surface area contributed by atoms with Crippen molar-refractivity contribution in [3.05, 3.63) is 59.1 Å². The number of halogens is 1. The van der Waals surface area contributed by atoms with Gasteiger partial charge < -0.3 is 4.74 Å². The van der Waals surface area contributed by atoms with Gasteiger partial charge in [-0.3, -0.25) is 5.32 Å². The fourth-order valence-corrected chi connectivity index (χ4v) is 3.15. The van der Waals surface area contributed by atoms with Crippen molar-refractivity contribution in [1.29, 1.82) is 0 Å². The minimum atomic E-state index is -0.502. The van der Waals surface area contributed by atoms with E-state index in [1.54, 1.807) is 24.3 Å². The van der Waals surface area contributed by atoms with Crippen LogP contribution in [0.4, 0.5) is 10.5 Å². The van der Waals surface area contributed by atoms with Gasteiger partial charge in [0.15, 0.2) is 0 Å². The summed E-state index contributed by atoms with van der Waals surface area (Å²) in [5.74, 6) is 1.21. The number of carbonyl (C=O) groups is 1. The Hall–Kier alpha value is -2.00. The molecule has 0 radical (unpaired) electrons. The Labute approximate surface area is 141 Å². The van der Waals surface area contributed by atoms with Gasteiger partial charge in [0.1, 0.15) is 5.75 Å². The molecule has 3 rings (SSSR count). The Morgan fingerprint density at radius 1 is 0.957 bits per heavy atom. The molecule has 1 N–H and O–H groups in total. The van der Waals surface area contributed by atoms with Gasteiger partial charge in [0.25, 0.3) is 0 Å². The average Bonchev–Trinajstić information content (AvgIpc) is 2.58. The standard InChI is InChI=1S/C19H20ClNO2/c20-16-8-10-17(11-9-16)21-19(22)23-18-12-6-15(7-13-18)14-4-2-1-3-5-14/h6-14H,1-5H2,(H,21,22). The van der Waals surface area contributed by atoms with Crippen LogP contribution in [0.25, 0.3) is 0 Å². The van der Waals surface area contributed by atoms with Crippen LogP contribution in [0.5, 0.6) is 5.75 Å². The number of nitrogens with one attached hydrogen (secondary N) is 1. The number of ether oxygens (including phenoxy) is 1. The molecule has 1 saturated carbocycles. The van der Waals surface area contributed by atoms with E-state index < -0.39 is 6.09 Å². The molecular formula is C19H20ClNO2. The zero-order valence-electron chi connectivity index (χ0n) is 12.9. The molecule has 2 aromatic carbocycles. The lowest BCUT2D eigenvalue weighted by molar-refractivity contribution is 0.215. The lowest BCUT2D eigenvalue weighted by Gasteiger charge is -2.22. The molecule has 4 heteroatoms. The van der Waals surface area contributed by atoms with E-state index in [2.05, 4.69) is 17.4 Å². The van der Waals surface area contributed by atoms with Crippen LogP contribution < -0.4 is 10.1 Å². The van der Waals surface area contributed by atoms with Crippen molar-refractivity contribution < 1.29 is 9.53 Å². The first-order chi connectivity index (χ1) is 11.2. The van der Waals surface area contributed by atoms with E-state index in [1.807, 2.05) is 12.1 Å². The van der Waals surface area contributed by atoms with Gasteiger partial charge in [-0.25, -0.2) is 4.79 Å². The molecule has 3 nitrogen and oxygen atoms in total. The summed E-state index contributed by atoms with van der Waals surface area (Å²) in [6.45, 7) is 0. The van der Waals surface area contributed by atoms with E-state index >= 15 is 0 Å². The molecule has 1 amide bonds. The van der Waals surface area contributed by atoms with Crippen LogP contribution in [0, 0.1) is 0 Å². The number of carbonyl (C=O) groups excluding carboxylic acids is 1. The van der Waals surface area contributed by atoms with Gasteiger partial charge in [0.05, 0.1) is 0 Å². The van der Waals surface area contributed by atoms with Gasteiger partial charge in [0, 0.05) is 10.7 Å². The zero-order valence-corrected chi connectivity index (χ0v) is 13.7. The predicted molar refractivity (Wildman–Crippen MR) is 93.4 cm³/mol. The second-order valence-electron chi connectivity index (χ2n) is 5.93. The molecule has 1 fully saturated rings. The molecule has 1 aliphatic carbocycles. The molecule has 120 valence electrons. The highest BCUT2D eigenvalue weighted by molar-refractivity contribution is 6.30. The zero-order chi connectivity index (χ0) is 16.1. The van der Waals surface area contributed by atoms with E-state index in [0.29, 0.717) is 22.4 Å². The van der Waals surface area contributed by atoms with Crippen LogP contribution in [-0.2, 0) is 0 Å². The van der Waals surface area contributed by atoms with Crippen LogP contribution in [0.1, 0.15) is 43.6 Å². The number of anilines is 1. The molecular weight excluding hydrogens is 310 g/mol. The number of benzene rings is 2. The van der Waals surface area contributed by atoms with Crippen molar-refractivity contribution >= 4 is 23.4 Å². The Morgan fingerprint density at radius 2 is 1.61 bits per heavy atom. The molecule has 0 spiro atoms. The quantitative estimate of drug-likeness (QED) is 0.750. The number of hydrogen-bond acceptors (Lipinski definition) is 2. The summed E-state index contributed by atoms with van der Waals surface area (Å²) in [5.41, 5.74) is 1.99. The second-order valence-corrected chi connectivity index (χ2v) is 6.36. The van der Waals surface area contributed by atoms with Gasteiger partial charge >= 0.3 is 6.09 Å². The molecule has 0 atom stereocenters. The minimum Gasteiger partial charge on any atom is -0.410 e. The molecule has 0 aliphatic heterocycles. The van der Waals surface area contributed by atoms with Crippen LogP contribution in [0.15, 0.2) is 48.5 Å². The summed E-state index contributed by atoms with van der Waals surface area (Å²) in [5, 5.41) is 3.30. The number of hydrogen-bond donors (Lipinski definition) is 1. The van der Waals surface area contributed by atoms with E-state index in [9.17, 15) is 4.79 Å².